The van der Waals surface area contributed by atoms with E-state index in [0.29, 0.717) is 13.1 Å². The summed E-state index contributed by atoms with van der Waals surface area (Å²) in [5.41, 5.74) is 3.48. The van der Waals surface area contributed by atoms with Crippen molar-refractivity contribution in [3.8, 4) is 0 Å². The minimum atomic E-state index is 0.0921. The second-order valence-electron chi connectivity index (χ2n) is 6.32. The van der Waals surface area contributed by atoms with Crippen LogP contribution in [0.1, 0.15) is 24.1 Å². The highest BCUT2D eigenvalue weighted by molar-refractivity contribution is 5.78. The van der Waals surface area contributed by atoms with Gasteiger partial charge in [0.05, 0.1) is 6.54 Å². The number of hydrogen-bond donors (Lipinski definition) is 1. The molecule has 1 amide bonds. The number of anilines is 1. The lowest BCUT2D eigenvalue weighted by Crippen LogP contribution is -2.36. The molecule has 24 heavy (non-hydrogen) atoms. The molecule has 1 atom stereocenters. The van der Waals surface area contributed by atoms with Crippen LogP contribution in [-0.4, -0.2) is 38.5 Å². The molecule has 4 heteroatoms. The molecule has 128 valence electrons. The van der Waals surface area contributed by atoms with Gasteiger partial charge in [-0.05, 0) is 30.2 Å². The Morgan fingerprint density at radius 1 is 1.00 bits per heavy atom. The van der Waals surface area contributed by atoms with E-state index in [1.165, 1.54) is 5.56 Å². The molecular weight excluding hydrogens is 298 g/mol. The third kappa shape index (κ3) is 5.10. The molecule has 0 fully saturated rings. The Labute approximate surface area is 145 Å². The normalized spacial score (nSPS) is 11.8. The van der Waals surface area contributed by atoms with Crippen LogP contribution in [0.5, 0.6) is 0 Å². The lowest BCUT2D eigenvalue weighted by atomic mass is 10.1. The summed E-state index contributed by atoms with van der Waals surface area (Å²) in [6.45, 7) is 3.03. The highest BCUT2D eigenvalue weighted by Gasteiger charge is 2.11. The Balaban J connectivity index is 1.83. The lowest BCUT2D eigenvalue weighted by molar-refractivity contribution is -0.129. The number of rotatable bonds is 7. The largest absolute Gasteiger partial charge is 0.378 e. The number of carbonyl (C=O) groups excluding carboxylic acids is 1. The van der Waals surface area contributed by atoms with Gasteiger partial charge in [-0.15, -0.1) is 0 Å². The van der Waals surface area contributed by atoms with Crippen LogP contribution in [0.3, 0.4) is 0 Å². The summed E-state index contributed by atoms with van der Waals surface area (Å²) in [6.07, 6.45) is 0. The van der Waals surface area contributed by atoms with E-state index in [-0.39, 0.29) is 11.9 Å². The van der Waals surface area contributed by atoms with Crippen LogP contribution >= 0.6 is 0 Å². The molecule has 2 aromatic rings. The average molecular weight is 325 g/mol. The third-order valence-corrected chi connectivity index (χ3v) is 4.16. The minimum absolute atomic E-state index is 0.0921. The van der Waals surface area contributed by atoms with Crippen molar-refractivity contribution >= 4 is 11.6 Å². The maximum atomic E-state index is 12.3. The van der Waals surface area contributed by atoms with Gasteiger partial charge in [0, 0.05) is 39.4 Å². The Morgan fingerprint density at radius 2 is 1.62 bits per heavy atom. The van der Waals surface area contributed by atoms with Crippen LogP contribution in [0.15, 0.2) is 54.6 Å². The molecular formula is C20H27N3O. The number of benzene rings is 2. The van der Waals surface area contributed by atoms with Crippen LogP contribution in [0.4, 0.5) is 5.69 Å². The number of hydrogen-bond acceptors (Lipinski definition) is 3. The van der Waals surface area contributed by atoms with Gasteiger partial charge in [0.15, 0.2) is 0 Å². The predicted molar refractivity (Wildman–Crippen MR) is 100 cm³/mol. The van der Waals surface area contributed by atoms with Crippen molar-refractivity contribution in [3.63, 3.8) is 0 Å². The first kappa shape index (κ1) is 18.0. The summed E-state index contributed by atoms with van der Waals surface area (Å²) in [5, 5.41) is 3.29. The van der Waals surface area contributed by atoms with E-state index in [1.54, 1.807) is 4.90 Å². The molecule has 4 nitrogen and oxygen atoms in total. The summed E-state index contributed by atoms with van der Waals surface area (Å²) >= 11 is 0. The zero-order chi connectivity index (χ0) is 17.5. The molecule has 0 aromatic heterocycles. The fourth-order valence-electron chi connectivity index (χ4n) is 2.50. The standard InChI is InChI=1S/C20H27N3O/c1-16(18-8-6-5-7-9-18)21-14-20(24)23(4)15-17-10-12-19(13-11-17)22(2)3/h5-13,16,21H,14-15H2,1-4H3/t16-/m0/s1. The first-order valence-corrected chi connectivity index (χ1v) is 8.26. The molecule has 0 bridgehead atoms. The van der Waals surface area contributed by atoms with Gasteiger partial charge in [0.25, 0.3) is 0 Å². The average Bonchev–Trinajstić information content (AvgIpc) is 2.60. The van der Waals surface area contributed by atoms with Crippen molar-refractivity contribution in [2.45, 2.75) is 19.5 Å². The Kier molecular flexibility index (Phi) is 6.38. The topological polar surface area (TPSA) is 35.6 Å². The van der Waals surface area contributed by atoms with Crippen LogP contribution in [0.2, 0.25) is 0 Å². The zero-order valence-electron chi connectivity index (χ0n) is 15.0. The van der Waals surface area contributed by atoms with Crippen LogP contribution in [0, 0.1) is 0 Å². The van der Waals surface area contributed by atoms with E-state index in [0.717, 1.165) is 11.3 Å². The summed E-state index contributed by atoms with van der Waals surface area (Å²) < 4.78 is 0. The summed E-state index contributed by atoms with van der Waals surface area (Å²) in [5.74, 6) is 0.0921. The van der Waals surface area contributed by atoms with Gasteiger partial charge in [-0.2, -0.15) is 0 Å². The molecule has 0 saturated heterocycles. The summed E-state index contributed by atoms with van der Waals surface area (Å²) in [7, 11) is 5.88. The van der Waals surface area contributed by atoms with Gasteiger partial charge < -0.3 is 15.1 Å². The van der Waals surface area contributed by atoms with Crippen molar-refractivity contribution in [1.82, 2.24) is 10.2 Å². The van der Waals surface area contributed by atoms with Gasteiger partial charge in [-0.3, -0.25) is 4.79 Å². The van der Waals surface area contributed by atoms with Gasteiger partial charge in [0.1, 0.15) is 0 Å². The Hall–Kier alpha value is -2.33. The number of nitrogens with one attached hydrogen (secondary N) is 1. The van der Waals surface area contributed by atoms with Crippen LogP contribution in [-0.2, 0) is 11.3 Å². The molecule has 0 aliphatic carbocycles. The molecule has 0 spiro atoms. The van der Waals surface area contributed by atoms with Crippen molar-refractivity contribution in [2.24, 2.45) is 0 Å². The number of likely N-dealkylation sites (N-methyl/N-ethyl adjacent to an activating group) is 1. The molecule has 0 saturated carbocycles. The molecule has 2 rings (SSSR count). The smallest absolute Gasteiger partial charge is 0.236 e. The van der Waals surface area contributed by atoms with Crippen LogP contribution in [0.25, 0.3) is 0 Å². The fourth-order valence-corrected chi connectivity index (χ4v) is 2.50. The quantitative estimate of drug-likeness (QED) is 0.850. The molecule has 1 N–H and O–H groups in total. The molecule has 0 heterocycles. The molecule has 0 aliphatic rings. The monoisotopic (exact) mass is 325 g/mol. The Bertz CT molecular complexity index is 638. The SMILES string of the molecule is C[C@H](NCC(=O)N(C)Cc1ccc(N(C)C)cc1)c1ccccc1. The molecule has 0 radical (unpaired) electrons. The molecule has 0 unspecified atom stereocenters. The molecule has 0 aliphatic heterocycles. The number of nitrogens with zero attached hydrogens (tertiary/aromatic N) is 2. The third-order valence-electron chi connectivity index (χ3n) is 4.16. The van der Waals surface area contributed by atoms with E-state index in [4.69, 9.17) is 0 Å². The van der Waals surface area contributed by atoms with E-state index in [1.807, 2.05) is 39.3 Å². The first-order valence-electron chi connectivity index (χ1n) is 8.26. The van der Waals surface area contributed by atoms with Crippen molar-refractivity contribution < 1.29 is 4.79 Å². The van der Waals surface area contributed by atoms with E-state index < -0.39 is 0 Å². The highest BCUT2D eigenvalue weighted by atomic mass is 16.2. The molecule has 2 aromatic carbocycles. The fraction of sp³-hybridized carbons (Fsp3) is 0.350. The first-order chi connectivity index (χ1) is 11.5. The lowest BCUT2D eigenvalue weighted by Gasteiger charge is -2.20. The maximum Gasteiger partial charge on any atom is 0.236 e. The second-order valence-corrected chi connectivity index (χ2v) is 6.32. The van der Waals surface area contributed by atoms with Gasteiger partial charge in [-0.25, -0.2) is 0 Å². The van der Waals surface area contributed by atoms with Gasteiger partial charge in [-0.1, -0.05) is 42.5 Å². The maximum absolute atomic E-state index is 12.3. The van der Waals surface area contributed by atoms with Crippen molar-refractivity contribution in [1.29, 1.82) is 0 Å². The van der Waals surface area contributed by atoms with Crippen molar-refractivity contribution in [2.75, 3.05) is 32.6 Å². The number of carbonyl (C=O) groups is 1. The Morgan fingerprint density at radius 3 is 2.21 bits per heavy atom. The summed E-state index contributed by atoms with van der Waals surface area (Å²) in [4.78, 5) is 16.1. The van der Waals surface area contributed by atoms with E-state index in [2.05, 4.69) is 53.5 Å². The zero-order valence-corrected chi connectivity index (χ0v) is 15.0. The van der Waals surface area contributed by atoms with Gasteiger partial charge in [0.2, 0.25) is 5.91 Å². The second kappa shape index (κ2) is 8.50. The van der Waals surface area contributed by atoms with E-state index >= 15 is 0 Å². The number of amides is 1. The van der Waals surface area contributed by atoms with E-state index in [9.17, 15) is 4.79 Å². The van der Waals surface area contributed by atoms with Gasteiger partial charge >= 0.3 is 0 Å². The minimum Gasteiger partial charge on any atom is -0.378 e. The van der Waals surface area contributed by atoms with Crippen LogP contribution < -0.4 is 10.2 Å². The van der Waals surface area contributed by atoms with Crippen molar-refractivity contribution in [3.05, 3.63) is 65.7 Å². The highest BCUT2D eigenvalue weighted by Crippen LogP contribution is 2.14. The summed E-state index contributed by atoms with van der Waals surface area (Å²) in [6, 6.07) is 18.6. The predicted octanol–water partition coefficient (Wildman–Crippen LogP) is 3.06.